The Bertz CT molecular complexity index is 544. The van der Waals surface area contributed by atoms with Gasteiger partial charge in [0.25, 0.3) is 5.91 Å². The van der Waals surface area contributed by atoms with Crippen LogP contribution in [-0.2, 0) is 19.1 Å². The van der Waals surface area contributed by atoms with E-state index in [0.29, 0.717) is 24.7 Å². The van der Waals surface area contributed by atoms with E-state index in [0.717, 1.165) is 25.7 Å². The number of hydrogen-bond acceptors (Lipinski definition) is 5. The summed E-state index contributed by atoms with van der Waals surface area (Å²) in [6.07, 6.45) is 4.80. The number of Topliss-reactive ketones (excluding diaryl/α,β-unsaturated/α-hetero) is 1. The van der Waals surface area contributed by atoms with E-state index in [1.807, 2.05) is 0 Å². The second-order valence-electron chi connectivity index (χ2n) is 8.07. The SMILES string of the molecule is COC1CC[C@@H](C(C#N)C(=O)C(=O)NC2CCC(C)CC2C)CC1OC. The van der Waals surface area contributed by atoms with Crippen LogP contribution in [0.4, 0.5) is 0 Å². The second-order valence-corrected chi connectivity index (χ2v) is 8.07. The molecule has 2 aliphatic carbocycles. The van der Waals surface area contributed by atoms with Crippen molar-refractivity contribution in [2.24, 2.45) is 23.7 Å². The lowest BCUT2D eigenvalue weighted by atomic mass is 9.76. The molecule has 2 rings (SSSR count). The van der Waals surface area contributed by atoms with Crippen LogP contribution in [0.2, 0.25) is 0 Å². The van der Waals surface area contributed by atoms with Crippen molar-refractivity contribution in [2.75, 3.05) is 14.2 Å². The fourth-order valence-electron chi connectivity index (χ4n) is 4.59. The van der Waals surface area contributed by atoms with Gasteiger partial charge in [0.2, 0.25) is 5.78 Å². The van der Waals surface area contributed by atoms with Crippen molar-refractivity contribution in [3.63, 3.8) is 0 Å². The Morgan fingerprint density at radius 1 is 1.04 bits per heavy atom. The summed E-state index contributed by atoms with van der Waals surface area (Å²) in [5.41, 5.74) is 0. The number of nitriles is 1. The first kappa shape index (κ1) is 20.9. The predicted octanol–water partition coefficient (Wildman–Crippen LogP) is 2.47. The lowest BCUT2D eigenvalue weighted by Gasteiger charge is -2.36. The van der Waals surface area contributed by atoms with Crippen LogP contribution in [0, 0.1) is 35.0 Å². The van der Waals surface area contributed by atoms with Gasteiger partial charge < -0.3 is 14.8 Å². The number of ether oxygens (including phenoxy) is 2. The average Bonchev–Trinajstić information content (AvgIpc) is 2.64. The van der Waals surface area contributed by atoms with Gasteiger partial charge in [-0.3, -0.25) is 9.59 Å². The first-order chi connectivity index (χ1) is 12.4. The van der Waals surface area contributed by atoms with Crippen molar-refractivity contribution >= 4 is 11.7 Å². The second kappa shape index (κ2) is 9.48. The first-order valence-electron chi connectivity index (χ1n) is 9.71. The predicted molar refractivity (Wildman–Crippen MR) is 97.2 cm³/mol. The first-order valence-corrected chi connectivity index (χ1v) is 9.71. The number of carbonyl (C=O) groups is 2. The van der Waals surface area contributed by atoms with Crippen LogP contribution in [0.5, 0.6) is 0 Å². The molecule has 0 bridgehead atoms. The van der Waals surface area contributed by atoms with Gasteiger partial charge in [-0.2, -0.15) is 5.26 Å². The largest absolute Gasteiger partial charge is 0.379 e. The topological polar surface area (TPSA) is 88.4 Å². The standard InChI is InChI=1S/C20H32N2O4/c1-12-5-7-16(13(2)9-12)22-20(24)19(23)15(11-21)14-6-8-17(25-3)18(10-14)26-4/h12-18H,5-10H2,1-4H3,(H,22,24)/t12?,13?,14-,15?,16?,17?,18?/m1/s1. The molecule has 0 aliphatic heterocycles. The molecule has 26 heavy (non-hydrogen) atoms. The maximum Gasteiger partial charge on any atom is 0.289 e. The van der Waals surface area contributed by atoms with Crippen LogP contribution in [0.1, 0.15) is 52.4 Å². The van der Waals surface area contributed by atoms with Gasteiger partial charge in [0.1, 0.15) is 5.92 Å². The number of amides is 1. The third kappa shape index (κ3) is 4.83. The Labute approximate surface area is 156 Å². The fourth-order valence-corrected chi connectivity index (χ4v) is 4.59. The van der Waals surface area contributed by atoms with E-state index in [9.17, 15) is 14.9 Å². The van der Waals surface area contributed by atoms with Crippen molar-refractivity contribution in [3.8, 4) is 6.07 Å². The number of ketones is 1. The Balaban J connectivity index is 1.97. The summed E-state index contributed by atoms with van der Waals surface area (Å²) < 4.78 is 10.9. The molecule has 0 heterocycles. The summed E-state index contributed by atoms with van der Waals surface area (Å²) in [4.78, 5) is 25.1. The molecule has 6 heteroatoms. The Morgan fingerprint density at radius 3 is 2.31 bits per heavy atom. The van der Waals surface area contributed by atoms with E-state index in [1.54, 1.807) is 14.2 Å². The third-order valence-electron chi connectivity index (χ3n) is 6.24. The van der Waals surface area contributed by atoms with Crippen LogP contribution in [-0.4, -0.2) is 44.2 Å². The van der Waals surface area contributed by atoms with Gasteiger partial charge in [-0.05, 0) is 56.3 Å². The average molecular weight is 364 g/mol. The van der Waals surface area contributed by atoms with Crippen LogP contribution in [0.15, 0.2) is 0 Å². The van der Waals surface area contributed by atoms with Gasteiger partial charge in [-0.1, -0.05) is 13.8 Å². The van der Waals surface area contributed by atoms with Crippen molar-refractivity contribution < 1.29 is 19.1 Å². The van der Waals surface area contributed by atoms with Gasteiger partial charge in [-0.15, -0.1) is 0 Å². The smallest absolute Gasteiger partial charge is 0.289 e. The Kier molecular flexibility index (Phi) is 7.60. The number of nitrogens with one attached hydrogen (secondary N) is 1. The molecule has 0 aromatic heterocycles. The van der Waals surface area contributed by atoms with Crippen LogP contribution in [0.25, 0.3) is 0 Å². The summed E-state index contributed by atoms with van der Waals surface area (Å²) >= 11 is 0. The van der Waals surface area contributed by atoms with Gasteiger partial charge >= 0.3 is 0 Å². The van der Waals surface area contributed by atoms with E-state index in [1.165, 1.54) is 0 Å². The van der Waals surface area contributed by atoms with Crippen molar-refractivity contribution in [2.45, 2.75) is 70.6 Å². The van der Waals surface area contributed by atoms with Gasteiger partial charge in [0, 0.05) is 20.3 Å². The zero-order valence-corrected chi connectivity index (χ0v) is 16.4. The van der Waals surface area contributed by atoms with E-state index in [2.05, 4.69) is 25.2 Å². The summed E-state index contributed by atoms with van der Waals surface area (Å²) in [5, 5.41) is 12.4. The monoisotopic (exact) mass is 364 g/mol. The highest BCUT2D eigenvalue weighted by Crippen LogP contribution is 2.34. The Morgan fingerprint density at radius 2 is 1.73 bits per heavy atom. The summed E-state index contributed by atoms with van der Waals surface area (Å²) in [7, 11) is 3.25. The lowest BCUT2D eigenvalue weighted by Crippen LogP contribution is -2.48. The highest BCUT2D eigenvalue weighted by atomic mass is 16.5. The highest BCUT2D eigenvalue weighted by Gasteiger charge is 2.40. The van der Waals surface area contributed by atoms with Crippen molar-refractivity contribution in [1.82, 2.24) is 5.32 Å². The van der Waals surface area contributed by atoms with Crippen molar-refractivity contribution in [1.29, 1.82) is 5.26 Å². The maximum atomic E-state index is 12.7. The minimum absolute atomic E-state index is 0.0235. The molecule has 7 atom stereocenters. The van der Waals surface area contributed by atoms with Crippen LogP contribution < -0.4 is 5.32 Å². The fraction of sp³-hybridized carbons (Fsp3) is 0.850. The lowest BCUT2D eigenvalue weighted by molar-refractivity contribution is -0.142. The third-order valence-corrected chi connectivity index (χ3v) is 6.24. The van der Waals surface area contributed by atoms with Gasteiger partial charge in [0.05, 0.1) is 18.3 Å². The molecular weight excluding hydrogens is 332 g/mol. The van der Waals surface area contributed by atoms with E-state index in [4.69, 9.17) is 9.47 Å². The molecule has 0 aromatic carbocycles. The molecule has 0 saturated heterocycles. The van der Waals surface area contributed by atoms with Crippen LogP contribution in [0.3, 0.4) is 0 Å². The summed E-state index contributed by atoms with van der Waals surface area (Å²) in [6, 6.07) is 2.10. The van der Waals surface area contributed by atoms with Crippen molar-refractivity contribution in [3.05, 3.63) is 0 Å². The van der Waals surface area contributed by atoms with E-state index in [-0.39, 0.29) is 24.2 Å². The zero-order valence-electron chi connectivity index (χ0n) is 16.4. The molecule has 2 fully saturated rings. The molecule has 2 aliphatic rings. The number of methoxy groups -OCH3 is 2. The summed E-state index contributed by atoms with van der Waals surface area (Å²) in [6.45, 7) is 4.33. The molecule has 6 nitrogen and oxygen atoms in total. The highest BCUT2D eigenvalue weighted by molar-refractivity contribution is 6.37. The minimum Gasteiger partial charge on any atom is -0.379 e. The number of hydrogen-bond donors (Lipinski definition) is 1. The normalized spacial score (nSPS) is 36.0. The molecular formula is C20H32N2O4. The van der Waals surface area contributed by atoms with E-state index < -0.39 is 17.6 Å². The molecule has 2 saturated carbocycles. The number of nitrogens with zero attached hydrogens (tertiary/aromatic N) is 1. The number of rotatable bonds is 6. The Hall–Kier alpha value is -1.45. The molecule has 6 unspecified atom stereocenters. The zero-order chi connectivity index (χ0) is 19.3. The summed E-state index contributed by atoms with van der Waals surface area (Å²) in [5.74, 6) is -1.28. The molecule has 146 valence electrons. The molecule has 0 aromatic rings. The van der Waals surface area contributed by atoms with Crippen LogP contribution >= 0.6 is 0 Å². The maximum absolute atomic E-state index is 12.7. The molecule has 0 radical (unpaired) electrons. The molecule has 1 amide bonds. The van der Waals surface area contributed by atoms with Gasteiger partial charge in [0.15, 0.2) is 0 Å². The molecule has 0 spiro atoms. The van der Waals surface area contributed by atoms with Gasteiger partial charge in [-0.25, -0.2) is 0 Å². The minimum atomic E-state index is -0.914. The van der Waals surface area contributed by atoms with E-state index >= 15 is 0 Å². The molecule has 1 N–H and O–H groups in total. The quantitative estimate of drug-likeness (QED) is 0.732. The number of carbonyl (C=O) groups excluding carboxylic acids is 2.